The number of hydrogen-bond donors (Lipinski definition) is 2. The Morgan fingerprint density at radius 1 is 0.655 bits per heavy atom. The molecule has 148 valence electrons. The molecule has 2 amide bonds. The van der Waals surface area contributed by atoms with Crippen LogP contribution in [0.15, 0.2) is 78.9 Å². The van der Waals surface area contributed by atoms with Gasteiger partial charge >= 0.3 is 0 Å². The summed E-state index contributed by atoms with van der Waals surface area (Å²) >= 11 is 0. The summed E-state index contributed by atoms with van der Waals surface area (Å²) in [5, 5.41) is 5.65. The van der Waals surface area contributed by atoms with Crippen LogP contribution in [0.2, 0.25) is 0 Å². The predicted octanol–water partition coefficient (Wildman–Crippen LogP) is 3.77. The van der Waals surface area contributed by atoms with Crippen molar-refractivity contribution in [1.29, 1.82) is 0 Å². The van der Waals surface area contributed by atoms with Crippen LogP contribution in [0, 0.1) is 5.82 Å². The molecule has 0 heterocycles. The smallest absolute Gasteiger partial charge is 0.251 e. The van der Waals surface area contributed by atoms with E-state index in [1.807, 2.05) is 30.3 Å². The first kappa shape index (κ1) is 20.3. The number of carbonyl (C=O) groups is 2. The van der Waals surface area contributed by atoms with Gasteiger partial charge in [-0.3, -0.25) is 9.59 Å². The Kier molecular flexibility index (Phi) is 7.11. The minimum absolute atomic E-state index is 0.174. The third-order valence-corrected chi connectivity index (χ3v) is 4.59. The van der Waals surface area contributed by atoms with Gasteiger partial charge in [0.05, 0.1) is 0 Å². The summed E-state index contributed by atoms with van der Waals surface area (Å²) in [5.74, 6) is -0.700. The molecular weight excluding hydrogens is 367 g/mol. The maximum absolute atomic E-state index is 13.6. The Bertz CT molecular complexity index is 956. The molecule has 0 fully saturated rings. The van der Waals surface area contributed by atoms with E-state index >= 15 is 0 Å². The highest BCUT2D eigenvalue weighted by molar-refractivity contribution is 5.97. The van der Waals surface area contributed by atoms with Crippen molar-refractivity contribution in [1.82, 2.24) is 10.6 Å². The standard InChI is InChI=1S/C24H23FN2O2/c25-22-9-5-4-8-19(22)15-17-27-24(29)21-12-10-20(11-13-21)23(28)26-16-14-18-6-2-1-3-7-18/h1-13H,14-17H2,(H,26,28)(H,27,29). The summed E-state index contributed by atoms with van der Waals surface area (Å²) in [6.07, 6.45) is 1.18. The lowest BCUT2D eigenvalue weighted by molar-refractivity contribution is 0.0942. The molecule has 3 aromatic carbocycles. The molecule has 0 bridgehead atoms. The van der Waals surface area contributed by atoms with Crippen LogP contribution in [0.3, 0.4) is 0 Å². The molecule has 3 aromatic rings. The van der Waals surface area contributed by atoms with E-state index in [9.17, 15) is 14.0 Å². The van der Waals surface area contributed by atoms with E-state index in [0.717, 1.165) is 12.0 Å². The molecule has 2 N–H and O–H groups in total. The average molecular weight is 390 g/mol. The van der Waals surface area contributed by atoms with Crippen LogP contribution in [0.5, 0.6) is 0 Å². The molecule has 0 saturated carbocycles. The molecule has 0 radical (unpaired) electrons. The minimum atomic E-state index is -0.274. The summed E-state index contributed by atoms with van der Waals surface area (Å²) in [5.41, 5.74) is 2.69. The first-order valence-corrected chi connectivity index (χ1v) is 9.57. The van der Waals surface area contributed by atoms with Crippen LogP contribution >= 0.6 is 0 Å². The second-order valence-electron chi connectivity index (χ2n) is 6.67. The Balaban J connectivity index is 1.45. The van der Waals surface area contributed by atoms with E-state index < -0.39 is 0 Å². The molecule has 0 aliphatic heterocycles. The predicted molar refractivity (Wildman–Crippen MR) is 111 cm³/mol. The monoisotopic (exact) mass is 390 g/mol. The number of carbonyl (C=O) groups excluding carboxylic acids is 2. The zero-order chi connectivity index (χ0) is 20.5. The van der Waals surface area contributed by atoms with Crippen molar-refractivity contribution in [2.75, 3.05) is 13.1 Å². The fourth-order valence-electron chi connectivity index (χ4n) is 2.95. The van der Waals surface area contributed by atoms with Gasteiger partial charge in [0.15, 0.2) is 0 Å². The van der Waals surface area contributed by atoms with Crippen molar-refractivity contribution in [2.24, 2.45) is 0 Å². The number of hydrogen-bond acceptors (Lipinski definition) is 2. The first-order valence-electron chi connectivity index (χ1n) is 9.57. The molecule has 5 heteroatoms. The number of halogens is 1. The Labute approximate surface area is 169 Å². The van der Waals surface area contributed by atoms with E-state index in [0.29, 0.717) is 36.2 Å². The Morgan fingerprint density at radius 3 is 1.76 bits per heavy atom. The number of benzene rings is 3. The highest BCUT2D eigenvalue weighted by Crippen LogP contribution is 2.08. The zero-order valence-corrected chi connectivity index (χ0v) is 16.0. The normalized spacial score (nSPS) is 10.4. The summed E-state index contributed by atoms with van der Waals surface area (Å²) in [4.78, 5) is 24.5. The average Bonchev–Trinajstić information content (AvgIpc) is 2.76. The lowest BCUT2D eigenvalue weighted by Gasteiger charge is -2.08. The first-order chi connectivity index (χ1) is 14.1. The minimum Gasteiger partial charge on any atom is -0.352 e. The van der Waals surface area contributed by atoms with Gasteiger partial charge in [-0.25, -0.2) is 4.39 Å². The number of amides is 2. The summed E-state index contributed by atoms with van der Waals surface area (Å²) in [6, 6.07) is 22.9. The lowest BCUT2D eigenvalue weighted by atomic mass is 10.1. The third-order valence-electron chi connectivity index (χ3n) is 4.59. The van der Waals surface area contributed by atoms with Crippen LogP contribution in [-0.2, 0) is 12.8 Å². The SMILES string of the molecule is O=C(NCCc1ccccc1)c1ccc(C(=O)NCCc2ccccc2F)cc1. The molecule has 0 unspecified atom stereocenters. The van der Waals surface area contributed by atoms with E-state index in [1.54, 1.807) is 42.5 Å². The van der Waals surface area contributed by atoms with Gasteiger partial charge in [0, 0.05) is 24.2 Å². The Hall–Kier alpha value is -3.47. The molecule has 0 aliphatic rings. The van der Waals surface area contributed by atoms with E-state index in [2.05, 4.69) is 10.6 Å². The highest BCUT2D eigenvalue weighted by atomic mass is 19.1. The van der Waals surface area contributed by atoms with Gasteiger partial charge in [-0.1, -0.05) is 48.5 Å². The third kappa shape index (κ3) is 6.01. The highest BCUT2D eigenvalue weighted by Gasteiger charge is 2.09. The molecule has 0 aliphatic carbocycles. The van der Waals surface area contributed by atoms with Crippen LogP contribution in [0.1, 0.15) is 31.8 Å². The van der Waals surface area contributed by atoms with Gasteiger partial charge < -0.3 is 10.6 Å². The summed E-state index contributed by atoms with van der Waals surface area (Å²) in [6.45, 7) is 0.878. The summed E-state index contributed by atoms with van der Waals surface area (Å²) < 4.78 is 13.6. The zero-order valence-electron chi connectivity index (χ0n) is 16.0. The van der Waals surface area contributed by atoms with E-state index in [-0.39, 0.29) is 17.6 Å². The van der Waals surface area contributed by atoms with E-state index in [1.165, 1.54) is 6.07 Å². The van der Waals surface area contributed by atoms with Crippen LogP contribution in [0.25, 0.3) is 0 Å². The Morgan fingerprint density at radius 2 is 1.17 bits per heavy atom. The van der Waals surface area contributed by atoms with Crippen molar-refractivity contribution in [3.05, 3.63) is 107 Å². The number of rotatable bonds is 8. The van der Waals surface area contributed by atoms with Crippen molar-refractivity contribution in [2.45, 2.75) is 12.8 Å². The molecule has 0 saturated heterocycles. The van der Waals surface area contributed by atoms with Gasteiger partial charge in [0.25, 0.3) is 11.8 Å². The summed E-state index contributed by atoms with van der Waals surface area (Å²) in [7, 11) is 0. The van der Waals surface area contributed by atoms with Crippen molar-refractivity contribution < 1.29 is 14.0 Å². The molecule has 0 aromatic heterocycles. The van der Waals surface area contributed by atoms with Crippen LogP contribution < -0.4 is 10.6 Å². The van der Waals surface area contributed by atoms with Gasteiger partial charge in [-0.2, -0.15) is 0 Å². The van der Waals surface area contributed by atoms with Gasteiger partial charge in [-0.05, 0) is 54.3 Å². The van der Waals surface area contributed by atoms with E-state index in [4.69, 9.17) is 0 Å². The fourth-order valence-corrected chi connectivity index (χ4v) is 2.95. The van der Waals surface area contributed by atoms with Gasteiger partial charge in [-0.15, -0.1) is 0 Å². The molecule has 0 atom stereocenters. The van der Waals surface area contributed by atoms with Crippen LogP contribution in [0.4, 0.5) is 4.39 Å². The van der Waals surface area contributed by atoms with Crippen molar-refractivity contribution in [3.63, 3.8) is 0 Å². The second-order valence-corrected chi connectivity index (χ2v) is 6.67. The van der Waals surface area contributed by atoms with Crippen molar-refractivity contribution in [3.8, 4) is 0 Å². The molecular formula is C24H23FN2O2. The van der Waals surface area contributed by atoms with Gasteiger partial charge in [0.1, 0.15) is 5.82 Å². The maximum Gasteiger partial charge on any atom is 0.251 e. The number of nitrogens with one attached hydrogen (secondary N) is 2. The fraction of sp³-hybridized carbons (Fsp3) is 0.167. The van der Waals surface area contributed by atoms with Crippen LogP contribution in [-0.4, -0.2) is 24.9 Å². The molecule has 0 spiro atoms. The molecule has 4 nitrogen and oxygen atoms in total. The van der Waals surface area contributed by atoms with Crippen molar-refractivity contribution >= 4 is 11.8 Å². The van der Waals surface area contributed by atoms with Gasteiger partial charge in [0.2, 0.25) is 0 Å². The largest absolute Gasteiger partial charge is 0.352 e. The maximum atomic E-state index is 13.6. The molecule has 3 rings (SSSR count). The topological polar surface area (TPSA) is 58.2 Å². The quantitative estimate of drug-likeness (QED) is 0.615. The molecule has 29 heavy (non-hydrogen) atoms. The second kappa shape index (κ2) is 10.2. The lowest BCUT2D eigenvalue weighted by Crippen LogP contribution is -2.27.